The van der Waals surface area contributed by atoms with Crippen molar-refractivity contribution >= 4 is 16.9 Å². The van der Waals surface area contributed by atoms with Gasteiger partial charge in [0.05, 0.1) is 0 Å². The van der Waals surface area contributed by atoms with Crippen LogP contribution in [-0.2, 0) is 11.8 Å². The van der Waals surface area contributed by atoms with E-state index < -0.39 is 5.97 Å². The molecule has 90 valence electrons. The first-order valence-corrected chi connectivity index (χ1v) is 5.61. The van der Waals surface area contributed by atoms with Crippen LogP contribution in [0.4, 0.5) is 0 Å². The predicted molar refractivity (Wildman–Crippen MR) is 66.7 cm³/mol. The lowest BCUT2D eigenvalue weighted by molar-refractivity contribution is -0.137. The summed E-state index contributed by atoms with van der Waals surface area (Å²) >= 11 is 0. The number of carboxylic acid groups (broad SMARTS) is 1. The first-order valence-electron chi connectivity index (χ1n) is 5.61. The molecule has 3 N–H and O–H groups in total. The zero-order chi connectivity index (χ0) is 12.4. The van der Waals surface area contributed by atoms with Crippen LogP contribution in [0.15, 0.2) is 30.3 Å². The summed E-state index contributed by atoms with van der Waals surface area (Å²) in [5.41, 5.74) is 8.12. The fourth-order valence-electron chi connectivity index (χ4n) is 2.09. The second-order valence-corrected chi connectivity index (χ2v) is 4.23. The van der Waals surface area contributed by atoms with Crippen molar-refractivity contribution < 1.29 is 9.90 Å². The molecule has 0 aliphatic rings. The number of hydrogen-bond acceptors (Lipinski definition) is 2. The molecule has 0 saturated carbocycles. The zero-order valence-electron chi connectivity index (χ0n) is 9.76. The van der Waals surface area contributed by atoms with Crippen LogP contribution in [0.1, 0.15) is 24.6 Å². The number of para-hydroxylation sites is 1. The van der Waals surface area contributed by atoms with Crippen molar-refractivity contribution in [1.82, 2.24) is 4.57 Å². The molecule has 0 aliphatic carbocycles. The molecule has 4 nitrogen and oxygen atoms in total. The molecule has 1 aromatic carbocycles. The van der Waals surface area contributed by atoms with Crippen molar-refractivity contribution in [2.45, 2.75) is 18.9 Å². The fraction of sp³-hybridized carbons (Fsp3) is 0.308. The normalized spacial score (nSPS) is 12.8. The fourth-order valence-corrected chi connectivity index (χ4v) is 2.09. The van der Waals surface area contributed by atoms with Crippen LogP contribution < -0.4 is 5.73 Å². The van der Waals surface area contributed by atoms with Gasteiger partial charge in [0.15, 0.2) is 0 Å². The van der Waals surface area contributed by atoms with E-state index in [1.807, 2.05) is 41.9 Å². The van der Waals surface area contributed by atoms with Gasteiger partial charge in [-0.15, -0.1) is 0 Å². The smallest absolute Gasteiger partial charge is 0.303 e. The largest absolute Gasteiger partial charge is 0.481 e. The molecular weight excluding hydrogens is 216 g/mol. The maximum Gasteiger partial charge on any atom is 0.303 e. The number of aliphatic carboxylic acids is 1. The zero-order valence-corrected chi connectivity index (χ0v) is 9.76. The van der Waals surface area contributed by atoms with Gasteiger partial charge in [-0.2, -0.15) is 0 Å². The Morgan fingerprint density at radius 3 is 2.82 bits per heavy atom. The van der Waals surface area contributed by atoms with E-state index in [4.69, 9.17) is 10.8 Å². The number of carbonyl (C=O) groups is 1. The molecule has 1 atom stereocenters. The summed E-state index contributed by atoms with van der Waals surface area (Å²) in [6, 6.07) is 9.82. The lowest BCUT2D eigenvalue weighted by Crippen LogP contribution is -2.15. The number of nitrogens with two attached hydrogens (primary N) is 1. The van der Waals surface area contributed by atoms with E-state index in [9.17, 15) is 4.79 Å². The molecule has 17 heavy (non-hydrogen) atoms. The number of aryl methyl sites for hydroxylation is 1. The monoisotopic (exact) mass is 232 g/mol. The standard InChI is InChI=1S/C13H16N2O2/c1-15-11-5-3-2-4-9(11)8-12(15)10(14)6-7-13(16)17/h2-5,8,10H,6-7,14H2,1H3,(H,16,17). The molecule has 0 amide bonds. The van der Waals surface area contributed by atoms with Crippen molar-refractivity contribution in [3.63, 3.8) is 0 Å². The Bertz CT molecular complexity index is 545. The SMILES string of the molecule is Cn1c(C(N)CCC(=O)O)cc2ccccc21. The van der Waals surface area contributed by atoms with Crippen LogP contribution >= 0.6 is 0 Å². The Morgan fingerprint density at radius 1 is 1.47 bits per heavy atom. The van der Waals surface area contributed by atoms with Gasteiger partial charge in [-0.25, -0.2) is 0 Å². The van der Waals surface area contributed by atoms with Gasteiger partial charge >= 0.3 is 5.97 Å². The average Bonchev–Trinajstić information content (AvgIpc) is 2.64. The Morgan fingerprint density at radius 2 is 2.18 bits per heavy atom. The number of benzene rings is 1. The van der Waals surface area contributed by atoms with Crippen LogP contribution in [-0.4, -0.2) is 15.6 Å². The summed E-state index contributed by atoms with van der Waals surface area (Å²) < 4.78 is 2.03. The predicted octanol–water partition coefficient (Wildman–Crippen LogP) is 2.04. The third kappa shape index (κ3) is 2.31. The minimum atomic E-state index is -0.806. The van der Waals surface area contributed by atoms with Gasteiger partial charge < -0.3 is 15.4 Å². The van der Waals surface area contributed by atoms with Gasteiger partial charge in [-0.05, 0) is 23.9 Å². The van der Waals surface area contributed by atoms with Gasteiger partial charge in [0.1, 0.15) is 0 Å². The van der Waals surface area contributed by atoms with Crippen LogP contribution in [0.3, 0.4) is 0 Å². The highest BCUT2D eigenvalue weighted by atomic mass is 16.4. The highest BCUT2D eigenvalue weighted by Crippen LogP contribution is 2.24. The van der Waals surface area contributed by atoms with Gasteiger partial charge in [0, 0.05) is 30.7 Å². The molecule has 4 heteroatoms. The van der Waals surface area contributed by atoms with Crippen molar-refractivity contribution in [2.75, 3.05) is 0 Å². The summed E-state index contributed by atoms with van der Waals surface area (Å²) in [4.78, 5) is 10.5. The molecule has 0 fully saturated rings. The first-order chi connectivity index (χ1) is 8.09. The van der Waals surface area contributed by atoms with Crippen molar-refractivity contribution in [3.05, 3.63) is 36.0 Å². The number of hydrogen-bond donors (Lipinski definition) is 2. The van der Waals surface area contributed by atoms with Gasteiger partial charge in [0.2, 0.25) is 0 Å². The number of rotatable bonds is 4. The molecular formula is C13H16N2O2. The van der Waals surface area contributed by atoms with Crippen LogP contribution in [0.25, 0.3) is 10.9 Å². The second kappa shape index (κ2) is 4.59. The maximum absolute atomic E-state index is 10.5. The summed E-state index contributed by atoms with van der Waals surface area (Å²) in [5.74, 6) is -0.806. The minimum absolute atomic E-state index is 0.0999. The Hall–Kier alpha value is -1.81. The Balaban J connectivity index is 2.29. The van der Waals surface area contributed by atoms with E-state index in [0.717, 1.165) is 16.6 Å². The van der Waals surface area contributed by atoms with Crippen molar-refractivity contribution in [2.24, 2.45) is 12.8 Å². The highest BCUT2D eigenvalue weighted by molar-refractivity contribution is 5.81. The maximum atomic E-state index is 10.5. The van der Waals surface area contributed by atoms with E-state index in [0.29, 0.717) is 6.42 Å². The Kier molecular flexibility index (Phi) is 3.15. The summed E-state index contributed by atoms with van der Waals surface area (Å²) in [7, 11) is 1.96. The van der Waals surface area contributed by atoms with Crippen LogP contribution in [0.5, 0.6) is 0 Å². The second-order valence-electron chi connectivity index (χ2n) is 4.23. The number of fused-ring (bicyclic) bond motifs is 1. The number of carboxylic acids is 1. The summed E-state index contributed by atoms with van der Waals surface area (Å²) in [5, 5.41) is 9.79. The first kappa shape index (κ1) is 11.7. The molecule has 0 bridgehead atoms. The molecule has 0 saturated heterocycles. The third-order valence-electron chi connectivity index (χ3n) is 3.04. The van der Waals surface area contributed by atoms with E-state index in [1.54, 1.807) is 0 Å². The highest BCUT2D eigenvalue weighted by Gasteiger charge is 2.13. The Labute approximate surface area is 99.7 Å². The van der Waals surface area contributed by atoms with Gasteiger partial charge in [-0.1, -0.05) is 18.2 Å². The van der Waals surface area contributed by atoms with Crippen LogP contribution in [0.2, 0.25) is 0 Å². The van der Waals surface area contributed by atoms with Crippen LogP contribution in [0, 0.1) is 0 Å². The number of nitrogens with zero attached hydrogens (tertiary/aromatic N) is 1. The van der Waals surface area contributed by atoms with E-state index in [2.05, 4.69) is 0 Å². The molecule has 0 spiro atoms. The third-order valence-corrected chi connectivity index (χ3v) is 3.04. The lowest BCUT2D eigenvalue weighted by Gasteiger charge is -2.11. The van der Waals surface area contributed by atoms with E-state index in [-0.39, 0.29) is 12.5 Å². The quantitative estimate of drug-likeness (QED) is 0.847. The van der Waals surface area contributed by atoms with Crippen molar-refractivity contribution in [3.8, 4) is 0 Å². The molecule has 0 aliphatic heterocycles. The molecule has 1 unspecified atom stereocenters. The molecule has 1 aromatic heterocycles. The molecule has 2 aromatic rings. The van der Waals surface area contributed by atoms with E-state index >= 15 is 0 Å². The lowest BCUT2D eigenvalue weighted by atomic mass is 10.1. The van der Waals surface area contributed by atoms with Gasteiger partial charge in [0.25, 0.3) is 0 Å². The molecule has 1 heterocycles. The molecule has 2 rings (SSSR count). The van der Waals surface area contributed by atoms with Crippen molar-refractivity contribution in [1.29, 1.82) is 0 Å². The number of aromatic nitrogens is 1. The topological polar surface area (TPSA) is 68.2 Å². The summed E-state index contributed by atoms with van der Waals surface area (Å²) in [6.07, 6.45) is 0.558. The van der Waals surface area contributed by atoms with Gasteiger partial charge in [-0.3, -0.25) is 4.79 Å². The van der Waals surface area contributed by atoms with E-state index in [1.165, 1.54) is 0 Å². The average molecular weight is 232 g/mol. The molecule has 0 radical (unpaired) electrons. The summed E-state index contributed by atoms with van der Waals surface area (Å²) in [6.45, 7) is 0. The minimum Gasteiger partial charge on any atom is -0.481 e.